The van der Waals surface area contributed by atoms with Crippen molar-refractivity contribution >= 4 is 5.69 Å². The Morgan fingerprint density at radius 1 is 1.12 bits per heavy atom. The third-order valence-electron chi connectivity index (χ3n) is 3.15. The highest BCUT2D eigenvalue weighted by Gasteiger charge is 2.13. The van der Waals surface area contributed by atoms with Crippen LogP contribution in [0.2, 0.25) is 0 Å². The number of rotatable bonds is 2. The topological polar surface area (TPSA) is 87.6 Å². The Morgan fingerprint density at radius 3 is 2.20 bits per heavy atom. The number of hydrogen-bond donors (Lipinski definition) is 1. The van der Waals surface area contributed by atoms with E-state index in [1.807, 2.05) is 32.0 Å². The molecular weight excluding hydrogens is 334 g/mol. The van der Waals surface area contributed by atoms with Crippen LogP contribution in [0, 0.1) is 28.7 Å². The molecule has 0 unspecified atom stereocenters. The minimum atomic E-state index is -0.901. The van der Waals surface area contributed by atoms with Crippen molar-refractivity contribution in [2.75, 3.05) is 6.79 Å². The van der Waals surface area contributed by atoms with Crippen molar-refractivity contribution in [3.8, 4) is 11.5 Å². The van der Waals surface area contributed by atoms with Crippen LogP contribution in [0.25, 0.3) is 0 Å². The molecule has 8 heteroatoms. The number of ether oxygens (including phenoxy) is 2. The lowest BCUT2D eigenvalue weighted by Gasteiger charge is -1.97. The maximum Gasteiger partial charge on any atom is 0.275 e. The molecule has 1 aliphatic heterocycles. The Kier molecular flexibility index (Phi) is 7.74. The summed E-state index contributed by atoms with van der Waals surface area (Å²) in [7, 11) is 0. The third kappa shape index (κ3) is 5.39. The SMILES string of the molecule is CC.Cc1c(F)cc([N+](=O)[O-])cc1F.NCc1ccc2c(c1)OCO2. The van der Waals surface area contributed by atoms with E-state index in [1.54, 1.807) is 0 Å². The number of non-ortho nitro benzene ring substituents is 1. The number of hydrogen-bond acceptors (Lipinski definition) is 5. The molecule has 0 saturated carbocycles. The van der Waals surface area contributed by atoms with Gasteiger partial charge in [-0.05, 0) is 24.6 Å². The van der Waals surface area contributed by atoms with Crippen molar-refractivity contribution < 1.29 is 23.2 Å². The molecule has 0 atom stereocenters. The summed E-state index contributed by atoms with van der Waals surface area (Å²) in [6.45, 7) is 6.08. The van der Waals surface area contributed by atoms with Crippen LogP contribution in [-0.2, 0) is 6.54 Å². The van der Waals surface area contributed by atoms with Gasteiger partial charge in [0.1, 0.15) is 11.6 Å². The average molecular weight is 354 g/mol. The number of nitrogens with zero attached hydrogens (tertiary/aromatic N) is 1. The lowest BCUT2D eigenvalue weighted by atomic mass is 10.2. The minimum absolute atomic E-state index is 0.208. The van der Waals surface area contributed by atoms with E-state index in [0.717, 1.165) is 17.1 Å². The number of benzene rings is 2. The van der Waals surface area contributed by atoms with E-state index in [4.69, 9.17) is 15.2 Å². The van der Waals surface area contributed by atoms with Gasteiger partial charge in [0, 0.05) is 12.1 Å². The number of fused-ring (bicyclic) bond motifs is 1. The van der Waals surface area contributed by atoms with Gasteiger partial charge < -0.3 is 15.2 Å². The Morgan fingerprint density at radius 2 is 1.68 bits per heavy atom. The quantitative estimate of drug-likeness (QED) is 0.648. The fraction of sp³-hybridized carbons (Fsp3) is 0.294. The Hall–Kier alpha value is -2.74. The molecule has 2 aromatic carbocycles. The molecule has 0 spiro atoms. The molecule has 0 amide bonds. The van der Waals surface area contributed by atoms with Gasteiger partial charge in [0.25, 0.3) is 5.69 Å². The second kappa shape index (κ2) is 9.53. The third-order valence-corrected chi connectivity index (χ3v) is 3.15. The van der Waals surface area contributed by atoms with Crippen LogP contribution in [0.3, 0.4) is 0 Å². The van der Waals surface area contributed by atoms with Crippen LogP contribution in [0.4, 0.5) is 14.5 Å². The molecule has 0 radical (unpaired) electrons. The average Bonchev–Trinajstić information content (AvgIpc) is 3.09. The second-order valence-corrected chi connectivity index (χ2v) is 4.68. The number of nitrogens with two attached hydrogens (primary N) is 1. The normalized spacial score (nSPS) is 11.0. The van der Waals surface area contributed by atoms with E-state index in [0.29, 0.717) is 25.5 Å². The van der Waals surface area contributed by atoms with Gasteiger partial charge in [-0.15, -0.1) is 0 Å². The maximum atomic E-state index is 12.7. The highest BCUT2D eigenvalue weighted by atomic mass is 19.1. The molecule has 2 aromatic rings. The van der Waals surface area contributed by atoms with Crippen molar-refractivity contribution in [2.24, 2.45) is 5.73 Å². The summed E-state index contributed by atoms with van der Waals surface area (Å²) in [5.41, 5.74) is 5.73. The van der Waals surface area contributed by atoms with Crippen LogP contribution in [0.5, 0.6) is 11.5 Å². The van der Waals surface area contributed by atoms with Gasteiger partial charge >= 0.3 is 0 Å². The predicted octanol–water partition coefficient (Wildman–Crippen LogP) is 4.08. The predicted molar refractivity (Wildman–Crippen MR) is 89.6 cm³/mol. The molecule has 2 N–H and O–H groups in total. The summed E-state index contributed by atoms with van der Waals surface area (Å²) in [4.78, 5) is 9.25. The first-order chi connectivity index (χ1) is 11.9. The molecule has 1 aliphatic rings. The number of nitro benzene ring substituents is 1. The monoisotopic (exact) mass is 354 g/mol. The summed E-state index contributed by atoms with van der Waals surface area (Å²) in [6.07, 6.45) is 0. The molecule has 0 aromatic heterocycles. The first-order valence-corrected chi connectivity index (χ1v) is 7.61. The molecule has 136 valence electrons. The van der Waals surface area contributed by atoms with E-state index < -0.39 is 22.2 Å². The highest BCUT2D eigenvalue weighted by Crippen LogP contribution is 2.32. The summed E-state index contributed by atoms with van der Waals surface area (Å²) in [5.74, 6) is -0.196. The molecule has 25 heavy (non-hydrogen) atoms. The molecule has 0 bridgehead atoms. The Bertz CT molecular complexity index is 716. The van der Waals surface area contributed by atoms with Crippen molar-refractivity contribution in [3.63, 3.8) is 0 Å². The van der Waals surface area contributed by atoms with Crippen molar-refractivity contribution in [2.45, 2.75) is 27.3 Å². The molecule has 0 fully saturated rings. The molecular formula is C17H20F2N2O4. The smallest absolute Gasteiger partial charge is 0.275 e. The molecule has 0 saturated heterocycles. The van der Waals surface area contributed by atoms with Gasteiger partial charge in [-0.3, -0.25) is 10.1 Å². The molecule has 6 nitrogen and oxygen atoms in total. The number of halogens is 2. The van der Waals surface area contributed by atoms with Crippen molar-refractivity contribution in [1.82, 2.24) is 0 Å². The van der Waals surface area contributed by atoms with Crippen LogP contribution >= 0.6 is 0 Å². The summed E-state index contributed by atoms with van der Waals surface area (Å²) < 4.78 is 35.6. The second-order valence-electron chi connectivity index (χ2n) is 4.68. The zero-order valence-corrected chi connectivity index (χ0v) is 14.2. The fourth-order valence-corrected chi connectivity index (χ4v) is 1.81. The lowest BCUT2D eigenvalue weighted by Crippen LogP contribution is -1.95. The van der Waals surface area contributed by atoms with Crippen LogP contribution < -0.4 is 15.2 Å². The molecule has 0 aliphatic carbocycles. The van der Waals surface area contributed by atoms with Crippen LogP contribution in [0.1, 0.15) is 25.0 Å². The van der Waals surface area contributed by atoms with Crippen LogP contribution in [0.15, 0.2) is 30.3 Å². The summed E-state index contributed by atoms with van der Waals surface area (Å²) in [6, 6.07) is 7.11. The van der Waals surface area contributed by atoms with Crippen molar-refractivity contribution in [1.29, 1.82) is 0 Å². The highest BCUT2D eigenvalue weighted by molar-refractivity contribution is 5.44. The van der Waals surface area contributed by atoms with E-state index in [2.05, 4.69) is 0 Å². The lowest BCUT2D eigenvalue weighted by molar-refractivity contribution is -0.385. The van der Waals surface area contributed by atoms with Gasteiger partial charge in [0.15, 0.2) is 11.5 Å². The first-order valence-electron chi connectivity index (χ1n) is 7.61. The van der Waals surface area contributed by atoms with E-state index in [1.165, 1.54) is 6.92 Å². The van der Waals surface area contributed by atoms with Crippen LogP contribution in [-0.4, -0.2) is 11.7 Å². The van der Waals surface area contributed by atoms with Gasteiger partial charge in [-0.25, -0.2) is 8.78 Å². The fourth-order valence-electron chi connectivity index (χ4n) is 1.81. The van der Waals surface area contributed by atoms with Gasteiger partial charge in [-0.2, -0.15) is 0 Å². The zero-order valence-electron chi connectivity index (χ0n) is 14.2. The van der Waals surface area contributed by atoms with Gasteiger partial charge in [0.2, 0.25) is 6.79 Å². The van der Waals surface area contributed by atoms with Crippen molar-refractivity contribution in [3.05, 3.63) is 63.2 Å². The largest absolute Gasteiger partial charge is 0.454 e. The van der Waals surface area contributed by atoms with E-state index in [-0.39, 0.29) is 5.56 Å². The maximum absolute atomic E-state index is 12.7. The first kappa shape index (κ1) is 20.3. The minimum Gasteiger partial charge on any atom is -0.454 e. The Balaban J connectivity index is 0.000000228. The van der Waals surface area contributed by atoms with Gasteiger partial charge in [-0.1, -0.05) is 19.9 Å². The molecule has 3 rings (SSSR count). The summed E-state index contributed by atoms with van der Waals surface area (Å²) in [5, 5.41) is 10.1. The zero-order chi connectivity index (χ0) is 19.0. The van der Waals surface area contributed by atoms with E-state index >= 15 is 0 Å². The standard InChI is InChI=1S/C8H9NO2.C7H5F2NO2.C2H6/c9-4-6-1-2-7-8(3-6)11-5-10-7;1-4-6(8)2-5(10(11)12)3-7(4)9;1-2/h1-3H,4-5,9H2;2-3H,1H3;1-2H3. The molecule has 1 heterocycles. The summed E-state index contributed by atoms with van der Waals surface area (Å²) >= 11 is 0. The van der Waals surface area contributed by atoms with E-state index in [9.17, 15) is 18.9 Å². The Labute approximate surface area is 144 Å². The number of nitro groups is 1. The van der Waals surface area contributed by atoms with Gasteiger partial charge in [0.05, 0.1) is 17.1 Å².